The van der Waals surface area contributed by atoms with Gasteiger partial charge in [-0.3, -0.25) is 0 Å². The molecule has 0 bridgehead atoms. The fraction of sp³-hybridized carbons (Fsp3) is 0.312. The lowest BCUT2D eigenvalue weighted by Gasteiger charge is -2.30. The molecule has 2 aromatic heterocycles. The van der Waals surface area contributed by atoms with Gasteiger partial charge in [0.25, 0.3) is 0 Å². The zero-order valence-electron chi connectivity index (χ0n) is 12.1. The highest BCUT2D eigenvalue weighted by Crippen LogP contribution is 2.30. The summed E-state index contributed by atoms with van der Waals surface area (Å²) in [5, 5.41) is 3.51. The van der Waals surface area contributed by atoms with Crippen LogP contribution in [0.25, 0.3) is 11.2 Å². The van der Waals surface area contributed by atoms with E-state index < -0.39 is 0 Å². The lowest BCUT2D eigenvalue weighted by molar-refractivity contribution is 0.00976. The molecule has 2 atom stereocenters. The molecule has 0 spiro atoms. The molecule has 1 saturated heterocycles. The number of fused-ring (bicyclic) bond motifs is 1. The molecule has 4 rings (SSSR count). The monoisotopic (exact) mass is 295 g/mol. The SMILES string of the molecule is c1ccc(C2CC(Nc3ncnc4nc[nH]c34)CCO2)cc1. The van der Waals surface area contributed by atoms with Gasteiger partial charge in [0.1, 0.15) is 11.8 Å². The Labute approximate surface area is 128 Å². The van der Waals surface area contributed by atoms with Crippen molar-refractivity contribution in [2.45, 2.75) is 25.0 Å². The maximum atomic E-state index is 5.91. The average molecular weight is 295 g/mol. The van der Waals surface area contributed by atoms with E-state index in [1.807, 2.05) is 18.2 Å². The number of nitrogens with zero attached hydrogens (tertiary/aromatic N) is 3. The molecule has 3 aromatic rings. The highest BCUT2D eigenvalue weighted by atomic mass is 16.5. The normalized spacial score (nSPS) is 21.8. The van der Waals surface area contributed by atoms with Gasteiger partial charge in [-0.2, -0.15) is 0 Å². The molecule has 0 radical (unpaired) electrons. The topological polar surface area (TPSA) is 75.7 Å². The standard InChI is InChI=1S/C16H17N5O/c1-2-4-11(5-3-1)13-8-12(6-7-22-13)21-16-14-15(18-9-17-14)19-10-20-16/h1-5,9-10,12-13H,6-8H2,(H2,17,18,19,20,21). The third-order valence-electron chi connectivity index (χ3n) is 4.02. The zero-order valence-corrected chi connectivity index (χ0v) is 12.1. The number of ether oxygens (including phenoxy) is 1. The largest absolute Gasteiger partial charge is 0.373 e. The van der Waals surface area contributed by atoms with Gasteiger partial charge in [0.15, 0.2) is 11.5 Å². The quantitative estimate of drug-likeness (QED) is 0.777. The van der Waals surface area contributed by atoms with Crippen molar-refractivity contribution in [3.05, 3.63) is 48.5 Å². The Kier molecular flexibility index (Phi) is 3.44. The Morgan fingerprint density at radius 1 is 1.14 bits per heavy atom. The minimum absolute atomic E-state index is 0.131. The molecule has 1 aliphatic rings. The number of imidazole rings is 1. The molecule has 2 N–H and O–H groups in total. The van der Waals surface area contributed by atoms with Crippen LogP contribution in [0.5, 0.6) is 0 Å². The van der Waals surface area contributed by atoms with Crippen LogP contribution in [-0.4, -0.2) is 32.6 Å². The number of aromatic nitrogens is 4. The molecule has 6 nitrogen and oxygen atoms in total. The van der Waals surface area contributed by atoms with Crippen LogP contribution in [0.15, 0.2) is 43.0 Å². The van der Waals surface area contributed by atoms with Crippen LogP contribution >= 0.6 is 0 Å². The summed E-state index contributed by atoms with van der Waals surface area (Å²) < 4.78 is 5.91. The molecule has 1 fully saturated rings. The average Bonchev–Trinajstić information content (AvgIpc) is 3.06. The molecular formula is C16H17N5O. The van der Waals surface area contributed by atoms with Crippen molar-refractivity contribution in [1.29, 1.82) is 0 Å². The van der Waals surface area contributed by atoms with Gasteiger partial charge >= 0.3 is 0 Å². The number of hydrogen-bond acceptors (Lipinski definition) is 5. The number of benzene rings is 1. The van der Waals surface area contributed by atoms with Gasteiger partial charge < -0.3 is 15.0 Å². The molecule has 3 heterocycles. The summed E-state index contributed by atoms with van der Waals surface area (Å²) in [6.45, 7) is 0.744. The number of nitrogens with one attached hydrogen (secondary N) is 2. The van der Waals surface area contributed by atoms with E-state index in [1.165, 1.54) is 5.56 Å². The minimum atomic E-state index is 0.131. The highest BCUT2D eigenvalue weighted by molar-refractivity contribution is 5.82. The summed E-state index contributed by atoms with van der Waals surface area (Å²) >= 11 is 0. The lowest BCUT2D eigenvalue weighted by Crippen LogP contribution is -2.30. The van der Waals surface area contributed by atoms with Crippen molar-refractivity contribution in [2.24, 2.45) is 0 Å². The molecule has 112 valence electrons. The summed E-state index contributed by atoms with van der Waals surface area (Å²) in [5.74, 6) is 0.807. The Morgan fingerprint density at radius 2 is 2.05 bits per heavy atom. The van der Waals surface area contributed by atoms with Gasteiger partial charge in [0.05, 0.1) is 12.4 Å². The summed E-state index contributed by atoms with van der Waals surface area (Å²) in [5.41, 5.74) is 2.76. The van der Waals surface area contributed by atoms with Gasteiger partial charge in [0, 0.05) is 12.6 Å². The maximum absolute atomic E-state index is 5.91. The third kappa shape index (κ3) is 2.53. The first-order valence-corrected chi connectivity index (χ1v) is 7.47. The fourth-order valence-corrected chi connectivity index (χ4v) is 2.90. The summed E-state index contributed by atoms with van der Waals surface area (Å²) in [6, 6.07) is 10.7. The zero-order chi connectivity index (χ0) is 14.8. The summed E-state index contributed by atoms with van der Waals surface area (Å²) in [6.07, 6.45) is 5.19. The molecule has 22 heavy (non-hydrogen) atoms. The lowest BCUT2D eigenvalue weighted by atomic mass is 9.97. The number of rotatable bonds is 3. The van der Waals surface area contributed by atoms with Crippen LogP contribution in [0, 0.1) is 0 Å². The van der Waals surface area contributed by atoms with Gasteiger partial charge in [-0.25, -0.2) is 15.0 Å². The molecule has 1 aromatic carbocycles. The van der Waals surface area contributed by atoms with E-state index in [0.29, 0.717) is 11.7 Å². The molecule has 1 aliphatic heterocycles. The first-order valence-electron chi connectivity index (χ1n) is 7.47. The van der Waals surface area contributed by atoms with Crippen molar-refractivity contribution in [2.75, 3.05) is 11.9 Å². The second kappa shape index (κ2) is 5.73. The molecule has 0 amide bonds. The smallest absolute Gasteiger partial charge is 0.182 e. The number of H-pyrrole nitrogens is 1. The molecular weight excluding hydrogens is 278 g/mol. The van der Waals surface area contributed by atoms with Crippen LogP contribution < -0.4 is 5.32 Å². The van der Waals surface area contributed by atoms with Crippen LogP contribution in [0.3, 0.4) is 0 Å². The van der Waals surface area contributed by atoms with E-state index in [1.54, 1.807) is 12.7 Å². The van der Waals surface area contributed by atoms with Gasteiger partial charge in [0.2, 0.25) is 0 Å². The predicted molar refractivity (Wildman–Crippen MR) is 83.5 cm³/mol. The van der Waals surface area contributed by atoms with Crippen molar-refractivity contribution >= 4 is 17.0 Å². The molecule has 2 unspecified atom stereocenters. The van der Waals surface area contributed by atoms with Crippen LogP contribution in [0.1, 0.15) is 24.5 Å². The number of hydrogen-bond donors (Lipinski definition) is 2. The predicted octanol–water partition coefficient (Wildman–Crippen LogP) is 2.69. The highest BCUT2D eigenvalue weighted by Gasteiger charge is 2.24. The number of aromatic amines is 1. The minimum Gasteiger partial charge on any atom is -0.373 e. The van der Waals surface area contributed by atoms with E-state index in [4.69, 9.17) is 4.74 Å². The fourth-order valence-electron chi connectivity index (χ4n) is 2.90. The van der Waals surface area contributed by atoms with Crippen LogP contribution in [0.2, 0.25) is 0 Å². The van der Waals surface area contributed by atoms with Crippen LogP contribution in [-0.2, 0) is 4.74 Å². The first kappa shape index (κ1) is 13.2. The van der Waals surface area contributed by atoms with Gasteiger partial charge in [-0.15, -0.1) is 0 Å². The van der Waals surface area contributed by atoms with Crippen LogP contribution in [0.4, 0.5) is 5.82 Å². The Bertz CT molecular complexity index is 757. The van der Waals surface area contributed by atoms with Crippen molar-refractivity contribution in [1.82, 2.24) is 19.9 Å². The Morgan fingerprint density at radius 3 is 2.95 bits per heavy atom. The Balaban J connectivity index is 1.52. The first-order chi connectivity index (χ1) is 10.9. The van der Waals surface area contributed by atoms with Crippen molar-refractivity contribution < 1.29 is 4.74 Å². The molecule has 0 aliphatic carbocycles. The second-order valence-electron chi connectivity index (χ2n) is 5.46. The Hall–Kier alpha value is -2.47. The molecule has 6 heteroatoms. The van der Waals surface area contributed by atoms with E-state index in [0.717, 1.165) is 30.8 Å². The van der Waals surface area contributed by atoms with E-state index in [2.05, 4.69) is 37.4 Å². The number of anilines is 1. The van der Waals surface area contributed by atoms with Crippen molar-refractivity contribution in [3.63, 3.8) is 0 Å². The van der Waals surface area contributed by atoms with Gasteiger partial charge in [-0.05, 0) is 18.4 Å². The van der Waals surface area contributed by atoms with Gasteiger partial charge in [-0.1, -0.05) is 30.3 Å². The summed E-state index contributed by atoms with van der Waals surface area (Å²) in [4.78, 5) is 15.7. The van der Waals surface area contributed by atoms with E-state index in [9.17, 15) is 0 Å². The second-order valence-corrected chi connectivity index (χ2v) is 5.46. The summed E-state index contributed by atoms with van der Waals surface area (Å²) in [7, 11) is 0. The van der Waals surface area contributed by atoms with Crippen molar-refractivity contribution in [3.8, 4) is 0 Å². The molecule has 0 saturated carbocycles. The maximum Gasteiger partial charge on any atom is 0.182 e. The van der Waals surface area contributed by atoms with E-state index >= 15 is 0 Å². The third-order valence-corrected chi connectivity index (χ3v) is 4.02. The van der Waals surface area contributed by atoms with E-state index in [-0.39, 0.29) is 6.10 Å².